The van der Waals surface area contributed by atoms with E-state index in [1.165, 1.54) is 25.6 Å². The monoisotopic (exact) mass is 406 g/mol. The van der Waals surface area contributed by atoms with Crippen LogP contribution in [0, 0.1) is 0 Å². The first kappa shape index (κ1) is 18.9. The Bertz CT molecular complexity index is 1300. The second kappa shape index (κ2) is 7.89. The van der Waals surface area contributed by atoms with E-state index in [2.05, 4.69) is 4.99 Å². The number of esters is 1. The first-order valence-electron chi connectivity index (χ1n) is 8.91. The van der Waals surface area contributed by atoms with E-state index in [1.807, 2.05) is 54.6 Å². The molecule has 4 rings (SSSR count). The van der Waals surface area contributed by atoms with Crippen LogP contribution in [0.5, 0.6) is 5.75 Å². The standard InChI is InChI=1S/C22H18N2O4S/c1-27-18-12-15-8-4-3-7-14(15)11-16(18)21(26)23-22-24(13-20(25)28-2)17-9-5-6-10-19(17)29-22/h3-12H,13H2,1-2H3. The van der Waals surface area contributed by atoms with E-state index in [4.69, 9.17) is 9.47 Å². The first-order valence-corrected chi connectivity index (χ1v) is 9.73. The number of nitrogens with zero attached hydrogens (tertiary/aromatic N) is 2. The van der Waals surface area contributed by atoms with Gasteiger partial charge in [-0.1, -0.05) is 47.7 Å². The van der Waals surface area contributed by atoms with Crippen molar-refractivity contribution in [2.45, 2.75) is 6.54 Å². The van der Waals surface area contributed by atoms with Gasteiger partial charge in [0.05, 0.1) is 30.0 Å². The molecule has 0 aliphatic heterocycles. The van der Waals surface area contributed by atoms with Gasteiger partial charge in [0.2, 0.25) is 0 Å². The highest BCUT2D eigenvalue weighted by Crippen LogP contribution is 2.26. The Morgan fingerprint density at radius 3 is 2.41 bits per heavy atom. The van der Waals surface area contributed by atoms with Gasteiger partial charge in [-0.15, -0.1) is 0 Å². The molecular formula is C22H18N2O4S. The topological polar surface area (TPSA) is 69.9 Å². The van der Waals surface area contributed by atoms with Crippen molar-refractivity contribution in [2.75, 3.05) is 14.2 Å². The number of aromatic nitrogens is 1. The molecular weight excluding hydrogens is 388 g/mol. The highest BCUT2D eigenvalue weighted by molar-refractivity contribution is 7.16. The molecule has 0 atom stereocenters. The maximum Gasteiger partial charge on any atom is 0.325 e. The minimum Gasteiger partial charge on any atom is -0.496 e. The fourth-order valence-corrected chi connectivity index (χ4v) is 4.18. The predicted octanol–water partition coefficient (Wildman–Crippen LogP) is 3.78. The molecule has 0 saturated carbocycles. The number of fused-ring (bicyclic) bond motifs is 2. The summed E-state index contributed by atoms with van der Waals surface area (Å²) < 4.78 is 12.8. The third-order valence-corrected chi connectivity index (χ3v) is 5.66. The van der Waals surface area contributed by atoms with Crippen molar-refractivity contribution in [1.29, 1.82) is 0 Å². The molecule has 29 heavy (non-hydrogen) atoms. The molecule has 7 heteroatoms. The number of methoxy groups -OCH3 is 2. The van der Waals surface area contributed by atoms with Gasteiger partial charge in [-0.2, -0.15) is 4.99 Å². The van der Waals surface area contributed by atoms with Gasteiger partial charge in [0.15, 0.2) is 4.80 Å². The molecule has 0 aliphatic rings. The highest BCUT2D eigenvalue weighted by Gasteiger charge is 2.16. The van der Waals surface area contributed by atoms with Crippen LogP contribution >= 0.6 is 11.3 Å². The summed E-state index contributed by atoms with van der Waals surface area (Å²) >= 11 is 1.34. The Labute approximate surface area is 170 Å². The molecule has 0 fully saturated rings. The predicted molar refractivity (Wildman–Crippen MR) is 112 cm³/mol. The van der Waals surface area contributed by atoms with Crippen LogP contribution in [0.25, 0.3) is 21.0 Å². The zero-order chi connectivity index (χ0) is 20.4. The van der Waals surface area contributed by atoms with Crippen molar-refractivity contribution in [3.63, 3.8) is 0 Å². The van der Waals surface area contributed by atoms with Gasteiger partial charge >= 0.3 is 5.97 Å². The van der Waals surface area contributed by atoms with Crippen molar-refractivity contribution in [3.8, 4) is 5.75 Å². The molecule has 0 bridgehead atoms. The summed E-state index contributed by atoms with van der Waals surface area (Å²) in [7, 11) is 2.86. The van der Waals surface area contributed by atoms with Gasteiger partial charge in [0.1, 0.15) is 12.3 Å². The summed E-state index contributed by atoms with van der Waals surface area (Å²) in [4.78, 5) is 29.7. The van der Waals surface area contributed by atoms with E-state index in [1.54, 1.807) is 10.6 Å². The summed E-state index contributed by atoms with van der Waals surface area (Å²) in [6.07, 6.45) is 0. The number of carbonyl (C=O) groups is 2. The maximum atomic E-state index is 13.1. The molecule has 0 saturated heterocycles. The largest absolute Gasteiger partial charge is 0.496 e. The van der Waals surface area contributed by atoms with E-state index in [-0.39, 0.29) is 6.54 Å². The lowest BCUT2D eigenvalue weighted by Crippen LogP contribution is -2.22. The van der Waals surface area contributed by atoms with Crippen LogP contribution < -0.4 is 9.54 Å². The number of hydrogen-bond acceptors (Lipinski definition) is 5. The molecule has 1 amide bonds. The number of rotatable bonds is 4. The van der Waals surface area contributed by atoms with Crippen molar-refractivity contribution in [2.24, 2.45) is 4.99 Å². The Balaban J connectivity index is 1.87. The fourth-order valence-electron chi connectivity index (χ4n) is 3.16. The molecule has 1 heterocycles. The molecule has 0 unspecified atom stereocenters. The second-order valence-corrected chi connectivity index (χ2v) is 7.34. The average Bonchev–Trinajstić information content (AvgIpc) is 3.09. The van der Waals surface area contributed by atoms with Crippen LogP contribution in [0.15, 0.2) is 65.7 Å². The highest BCUT2D eigenvalue weighted by atomic mass is 32.1. The van der Waals surface area contributed by atoms with Gasteiger partial charge in [0.25, 0.3) is 5.91 Å². The van der Waals surface area contributed by atoms with E-state index in [0.29, 0.717) is 16.1 Å². The Morgan fingerprint density at radius 2 is 1.69 bits per heavy atom. The Kier molecular flexibility index (Phi) is 5.14. The summed E-state index contributed by atoms with van der Waals surface area (Å²) in [5.41, 5.74) is 1.19. The summed E-state index contributed by atoms with van der Waals surface area (Å²) in [6.45, 7) is -0.0263. The Morgan fingerprint density at radius 1 is 1.00 bits per heavy atom. The molecule has 0 aliphatic carbocycles. The molecule has 0 radical (unpaired) electrons. The van der Waals surface area contributed by atoms with Crippen molar-refractivity contribution in [3.05, 3.63) is 71.0 Å². The van der Waals surface area contributed by atoms with Gasteiger partial charge in [-0.25, -0.2) is 0 Å². The zero-order valence-corrected chi connectivity index (χ0v) is 16.7. The summed E-state index contributed by atoms with van der Waals surface area (Å²) in [6, 6.07) is 18.9. The quantitative estimate of drug-likeness (QED) is 0.484. The minimum absolute atomic E-state index is 0.0263. The van der Waals surface area contributed by atoms with Crippen molar-refractivity contribution < 1.29 is 19.1 Å². The normalized spacial score (nSPS) is 11.7. The first-order chi connectivity index (χ1) is 14.1. The van der Waals surface area contributed by atoms with E-state index >= 15 is 0 Å². The number of amides is 1. The third kappa shape index (κ3) is 3.64. The SMILES string of the molecule is COC(=O)Cn1c(=NC(=O)c2cc3ccccc3cc2OC)sc2ccccc21. The fraction of sp³-hybridized carbons (Fsp3) is 0.136. The molecule has 6 nitrogen and oxygen atoms in total. The lowest BCUT2D eigenvalue weighted by atomic mass is 10.1. The lowest BCUT2D eigenvalue weighted by Gasteiger charge is -2.08. The third-order valence-electron chi connectivity index (χ3n) is 4.60. The summed E-state index contributed by atoms with van der Waals surface area (Å²) in [5, 5.41) is 1.90. The van der Waals surface area contributed by atoms with E-state index in [9.17, 15) is 9.59 Å². The number of para-hydroxylation sites is 1. The smallest absolute Gasteiger partial charge is 0.325 e. The maximum absolute atomic E-state index is 13.1. The van der Waals surface area contributed by atoms with E-state index < -0.39 is 11.9 Å². The molecule has 4 aromatic rings. The summed E-state index contributed by atoms with van der Waals surface area (Å²) in [5.74, 6) is -0.387. The van der Waals surface area contributed by atoms with Gasteiger partial charge in [-0.3, -0.25) is 9.59 Å². The lowest BCUT2D eigenvalue weighted by molar-refractivity contribution is -0.141. The molecule has 1 aromatic heterocycles. The number of ether oxygens (including phenoxy) is 2. The number of hydrogen-bond donors (Lipinski definition) is 0. The van der Waals surface area contributed by atoms with Crippen molar-refractivity contribution >= 4 is 44.2 Å². The van der Waals surface area contributed by atoms with Crippen molar-refractivity contribution in [1.82, 2.24) is 4.57 Å². The number of carbonyl (C=O) groups excluding carboxylic acids is 2. The Hall–Kier alpha value is -3.45. The second-order valence-electron chi connectivity index (χ2n) is 6.33. The molecule has 0 spiro atoms. The number of thiazole rings is 1. The van der Waals surface area contributed by atoms with Gasteiger partial charge < -0.3 is 14.0 Å². The van der Waals surface area contributed by atoms with Gasteiger partial charge in [-0.05, 0) is 35.0 Å². The molecule has 3 aromatic carbocycles. The average molecular weight is 406 g/mol. The van der Waals surface area contributed by atoms with Crippen LogP contribution in [0.4, 0.5) is 0 Å². The van der Waals surface area contributed by atoms with Crippen LogP contribution in [0.1, 0.15) is 10.4 Å². The zero-order valence-electron chi connectivity index (χ0n) is 15.9. The van der Waals surface area contributed by atoms with Gasteiger partial charge in [0, 0.05) is 0 Å². The minimum atomic E-state index is -0.433. The van der Waals surface area contributed by atoms with E-state index in [0.717, 1.165) is 21.0 Å². The van der Waals surface area contributed by atoms with Crippen LogP contribution in [0.3, 0.4) is 0 Å². The van der Waals surface area contributed by atoms with Crippen LogP contribution in [-0.4, -0.2) is 30.7 Å². The van der Waals surface area contributed by atoms with Crippen LogP contribution in [-0.2, 0) is 16.1 Å². The molecule has 146 valence electrons. The van der Waals surface area contributed by atoms with Crippen LogP contribution in [0.2, 0.25) is 0 Å². The number of benzene rings is 3. The molecule has 0 N–H and O–H groups in total.